The number of esters is 1. The van der Waals surface area contributed by atoms with Crippen molar-refractivity contribution >= 4 is 17.3 Å². The van der Waals surface area contributed by atoms with Crippen molar-refractivity contribution in [2.75, 3.05) is 30.9 Å². The van der Waals surface area contributed by atoms with Gasteiger partial charge in [-0.15, -0.1) is 0 Å². The number of hydrogen-bond donors (Lipinski definition) is 2. The van der Waals surface area contributed by atoms with Crippen molar-refractivity contribution in [1.29, 1.82) is 0 Å². The molecule has 1 saturated carbocycles. The predicted octanol–water partition coefficient (Wildman–Crippen LogP) is 1.41. The number of hydrogen-bond acceptors (Lipinski definition) is 5. The van der Waals surface area contributed by atoms with E-state index < -0.39 is 5.97 Å². The second-order valence-electron chi connectivity index (χ2n) is 4.74. The Hall–Kier alpha value is -1.75. The van der Waals surface area contributed by atoms with Crippen LogP contribution in [-0.4, -0.2) is 37.4 Å². The van der Waals surface area contributed by atoms with Crippen molar-refractivity contribution in [3.63, 3.8) is 0 Å². The summed E-state index contributed by atoms with van der Waals surface area (Å²) < 4.78 is 4.81. The van der Waals surface area contributed by atoms with Gasteiger partial charge in [-0.3, -0.25) is 0 Å². The monoisotopic (exact) mass is 264 g/mol. The molecular formula is C14H20N2O3. The summed E-state index contributed by atoms with van der Waals surface area (Å²) in [6, 6.07) is 5.56. The zero-order valence-corrected chi connectivity index (χ0v) is 11.1. The zero-order chi connectivity index (χ0) is 13.8. The maximum atomic E-state index is 11.9. The van der Waals surface area contributed by atoms with Crippen molar-refractivity contribution in [3.8, 4) is 0 Å². The third-order valence-corrected chi connectivity index (χ3v) is 3.62. The molecule has 1 aromatic rings. The SMILES string of the molecule is COC(=O)c1cccc(N)c1N(CCO)C1CCC1. The van der Waals surface area contributed by atoms with Crippen LogP contribution in [0.5, 0.6) is 0 Å². The van der Waals surface area contributed by atoms with Gasteiger partial charge in [0.25, 0.3) is 0 Å². The minimum atomic E-state index is -0.399. The van der Waals surface area contributed by atoms with Gasteiger partial charge in [0.15, 0.2) is 0 Å². The van der Waals surface area contributed by atoms with Gasteiger partial charge in [-0.2, -0.15) is 0 Å². The maximum absolute atomic E-state index is 11.9. The Morgan fingerprint density at radius 1 is 1.53 bits per heavy atom. The molecule has 1 fully saturated rings. The number of para-hydroxylation sites is 1. The topological polar surface area (TPSA) is 75.8 Å². The molecule has 1 aliphatic rings. The van der Waals surface area contributed by atoms with E-state index in [0.29, 0.717) is 29.5 Å². The van der Waals surface area contributed by atoms with E-state index in [1.807, 2.05) is 4.90 Å². The molecule has 0 radical (unpaired) electrons. The first-order valence-electron chi connectivity index (χ1n) is 6.53. The molecule has 104 valence electrons. The number of methoxy groups -OCH3 is 1. The Kier molecular flexibility index (Phi) is 4.27. The van der Waals surface area contributed by atoms with Gasteiger partial charge in [-0.1, -0.05) is 6.07 Å². The number of benzene rings is 1. The molecule has 0 aliphatic heterocycles. The number of ether oxygens (including phenoxy) is 1. The van der Waals surface area contributed by atoms with E-state index in [9.17, 15) is 9.90 Å². The van der Waals surface area contributed by atoms with Gasteiger partial charge >= 0.3 is 5.97 Å². The molecule has 0 aromatic heterocycles. The fourth-order valence-electron chi connectivity index (χ4n) is 2.44. The van der Waals surface area contributed by atoms with E-state index in [-0.39, 0.29) is 6.61 Å². The van der Waals surface area contributed by atoms with Crippen LogP contribution in [0.15, 0.2) is 18.2 Å². The number of aliphatic hydroxyl groups excluding tert-OH is 1. The van der Waals surface area contributed by atoms with Gasteiger partial charge in [0.1, 0.15) is 0 Å². The average molecular weight is 264 g/mol. The van der Waals surface area contributed by atoms with E-state index >= 15 is 0 Å². The number of anilines is 2. The molecule has 0 unspecified atom stereocenters. The summed E-state index contributed by atoms with van der Waals surface area (Å²) in [5, 5.41) is 9.25. The molecule has 0 spiro atoms. The lowest BCUT2D eigenvalue weighted by atomic mass is 9.90. The lowest BCUT2D eigenvalue weighted by molar-refractivity contribution is 0.0601. The molecule has 5 heteroatoms. The van der Waals surface area contributed by atoms with Gasteiger partial charge in [0.05, 0.1) is 30.7 Å². The molecule has 5 nitrogen and oxygen atoms in total. The van der Waals surface area contributed by atoms with Crippen LogP contribution in [-0.2, 0) is 4.74 Å². The summed E-state index contributed by atoms with van der Waals surface area (Å²) in [5.74, 6) is -0.399. The Balaban J connectivity index is 2.41. The summed E-state index contributed by atoms with van der Waals surface area (Å²) in [4.78, 5) is 13.9. The summed E-state index contributed by atoms with van der Waals surface area (Å²) in [7, 11) is 1.36. The Morgan fingerprint density at radius 3 is 2.79 bits per heavy atom. The quantitative estimate of drug-likeness (QED) is 0.621. The highest BCUT2D eigenvalue weighted by atomic mass is 16.5. The fourth-order valence-corrected chi connectivity index (χ4v) is 2.44. The standard InChI is InChI=1S/C14H20N2O3/c1-19-14(18)11-6-3-7-12(15)13(11)16(8-9-17)10-4-2-5-10/h3,6-7,10,17H,2,4-5,8-9,15H2,1H3. The molecule has 0 saturated heterocycles. The van der Waals surface area contributed by atoms with Crippen LogP contribution in [0, 0.1) is 0 Å². The molecule has 0 atom stereocenters. The van der Waals surface area contributed by atoms with Crippen LogP contribution >= 0.6 is 0 Å². The normalized spacial score (nSPS) is 14.8. The second-order valence-corrected chi connectivity index (χ2v) is 4.74. The fraction of sp³-hybridized carbons (Fsp3) is 0.500. The van der Waals surface area contributed by atoms with Crippen LogP contribution in [0.1, 0.15) is 29.6 Å². The third-order valence-electron chi connectivity index (χ3n) is 3.62. The van der Waals surface area contributed by atoms with E-state index in [2.05, 4.69) is 0 Å². The number of carbonyl (C=O) groups is 1. The second kappa shape index (κ2) is 5.93. The lowest BCUT2D eigenvalue weighted by Crippen LogP contribution is -2.43. The smallest absolute Gasteiger partial charge is 0.340 e. The number of aliphatic hydroxyl groups is 1. The highest BCUT2D eigenvalue weighted by Gasteiger charge is 2.29. The molecule has 19 heavy (non-hydrogen) atoms. The van der Waals surface area contributed by atoms with E-state index in [1.54, 1.807) is 18.2 Å². The van der Waals surface area contributed by atoms with Gasteiger partial charge in [0.2, 0.25) is 0 Å². The number of nitrogen functional groups attached to an aromatic ring is 1. The highest BCUT2D eigenvalue weighted by Crippen LogP contribution is 2.35. The number of carbonyl (C=O) groups excluding carboxylic acids is 1. The van der Waals surface area contributed by atoms with Crippen molar-refractivity contribution in [3.05, 3.63) is 23.8 Å². The van der Waals surface area contributed by atoms with E-state index in [0.717, 1.165) is 12.8 Å². The molecule has 1 aromatic carbocycles. The predicted molar refractivity (Wildman–Crippen MR) is 74.3 cm³/mol. The highest BCUT2D eigenvalue weighted by molar-refractivity contribution is 5.99. The minimum absolute atomic E-state index is 0.0332. The molecule has 0 heterocycles. The van der Waals surface area contributed by atoms with Gasteiger partial charge < -0.3 is 20.5 Å². The summed E-state index contributed by atoms with van der Waals surface area (Å²) in [6.45, 7) is 0.508. The van der Waals surface area contributed by atoms with Crippen LogP contribution in [0.4, 0.5) is 11.4 Å². The number of nitrogens with zero attached hydrogens (tertiary/aromatic N) is 1. The average Bonchev–Trinajstić information content (AvgIpc) is 2.35. The Labute approximate surface area is 113 Å². The first kappa shape index (κ1) is 13.7. The number of nitrogens with two attached hydrogens (primary N) is 1. The zero-order valence-electron chi connectivity index (χ0n) is 11.1. The molecule has 2 rings (SSSR count). The van der Waals surface area contributed by atoms with Crippen LogP contribution in [0.2, 0.25) is 0 Å². The van der Waals surface area contributed by atoms with Crippen molar-refractivity contribution in [2.24, 2.45) is 0 Å². The molecule has 1 aliphatic carbocycles. The Morgan fingerprint density at radius 2 is 2.26 bits per heavy atom. The molecule has 0 amide bonds. The van der Waals surface area contributed by atoms with Gasteiger partial charge in [0, 0.05) is 12.6 Å². The van der Waals surface area contributed by atoms with Crippen molar-refractivity contribution in [1.82, 2.24) is 0 Å². The van der Waals surface area contributed by atoms with Crippen LogP contribution in [0.3, 0.4) is 0 Å². The molecule has 3 N–H and O–H groups in total. The minimum Gasteiger partial charge on any atom is -0.465 e. The summed E-state index contributed by atoms with van der Waals surface area (Å²) >= 11 is 0. The van der Waals surface area contributed by atoms with E-state index in [1.165, 1.54) is 13.5 Å². The van der Waals surface area contributed by atoms with E-state index in [4.69, 9.17) is 10.5 Å². The Bertz CT molecular complexity index is 458. The van der Waals surface area contributed by atoms with Gasteiger partial charge in [-0.05, 0) is 31.4 Å². The van der Waals surface area contributed by atoms with Gasteiger partial charge in [-0.25, -0.2) is 4.79 Å². The van der Waals surface area contributed by atoms with Crippen LogP contribution in [0.25, 0.3) is 0 Å². The maximum Gasteiger partial charge on any atom is 0.340 e. The lowest BCUT2D eigenvalue weighted by Gasteiger charge is -2.40. The molecular weight excluding hydrogens is 244 g/mol. The van der Waals surface area contributed by atoms with Crippen molar-refractivity contribution < 1.29 is 14.6 Å². The third kappa shape index (κ3) is 2.66. The number of rotatable bonds is 5. The van der Waals surface area contributed by atoms with Crippen LogP contribution < -0.4 is 10.6 Å². The summed E-state index contributed by atoms with van der Waals surface area (Å²) in [5.41, 5.74) is 7.72. The summed E-state index contributed by atoms with van der Waals surface area (Å²) in [6.07, 6.45) is 3.30. The van der Waals surface area contributed by atoms with Crippen molar-refractivity contribution in [2.45, 2.75) is 25.3 Å². The first-order valence-corrected chi connectivity index (χ1v) is 6.53. The first-order chi connectivity index (χ1) is 9.19. The largest absolute Gasteiger partial charge is 0.465 e. The molecule has 0 bridgehead atoms.